The molecule has 0 amide bonds. The highest BCUT2D eigenvalue weighted by Crippen LogP contribution is 2.36. The topological polar surface area (TPSA) is 274 Å². The Balaban J connectivity index is 1.69. The van der Waals surface area contributed by atoms with Gasteiger partial charge in [-0.2, -0.15) is 0 Å². The van der Waals surface area contributed by atoms with E-state index in [4.69, 9.17) is 29.4 Å². The molecule has 0 aromatic heterocycles. The van der Waals surface area contributed by atoms with Crippen LogP contribution in [0.25, 0.3) is 0 Å². The summed E-state index contributed by atoms with van der Waals surface area (Å²) in [5.41, 5.74) is 5.46. The zero-order valence-electron chi connectivity index (χ0n) is 17.9. The first kappa shape index (κ1) is 27.9. The summed E-state index contributed by atoms with van der Waals surface area (Å²) in [4.78, 5) is 0. The van der Waals surface area contributed by atoms with Gasteiger partial charge in [0.05, 0.1) is 13.2 Å². The van der Waals surface area contributed by atoms with Gasteiger partial charge in [0.25, 0.3) is 0 Å². The molecular formula is C18H33NO15. The molecule has 0 aromatic rings. The lowest BCUT2D eigenvalue weighted by atomic mass is 9.98. The summed E-state index contributed by atoms with van der Waals surface area (Å²) in [5.74, 6) is -2.28. The molecule has 0 aliphatic carbocycles. The van der Waals surface area contributed by atoms with E-state index in [9.17, 15) is 51.1 Å². The quantitative estimate of drug-likeness (QED) is 0.147. The Morgan fingerprint density at radius 1 is 0.676 bits per heavy atom. The molecule has 3 aliphatic rings. The van der Waals surface area contributed by atoms with E-state index in [1.807, 2.05) is 0 Å². The molecule has 0 radical (unpaired) electrons. The monoisotopic (exact) mass is 503 g/mol. The van der Waals surface area contributed by atoms with Crippen molar-refractivity contribution in [1.29, 1.82) is 0 Å². The number of hydrogen-bond donors (Lipinski definition) is 11. The molecule has 3 heterocycles. The van der Waals surface area contributed by atoms with Gasteiger partial charge in [-0.15, -0.1) is 0 Å². The molecule has 0 saturated carbocycles. The third kappa shape index (κ3) is 5.09. The lowest BCUT2D eigenvalue weighted by molar-refractivity contribution is -0.387. The predicted molar refractivity (Wildman–Crippen MR) is 103 cm³/mol. The minimum atomic E-state index is -2.28. The van der Waals surface area contributed by atoms with E-state index in [0.717, 1.165) is 0 Å². The first-order valence-electron chi connectivity index (χ1n) is 10.7. The molecule has 3 fully saturated rings. The van der Waals surface area contributed by atoms with Crippen molar-refractivity contribution in [3.8, 4) is 0 Å². The summed E-state index contributed by atoms with van der Waals surface area (Å²) in [6.45, 7) is -2.56. The zero-order chi connectivity index (χ0) is 25.4. The highest BCUT2D eigenvalue weighted by molar-refractivity contribution is 4.99. The van der Waals surface area contributed by atoms with Gasteiger partial charge < -0.3 is 80.5 Å². The average Bonchev–Trinajstić information content (AvgIpc) is 3.08. The summed E-state index contributed by atoms with van der Waals surface area (Å²) >= 11 is 0. The third-order valence-corrected chi connectivity index (χ3v) is 6.22. The fourth-order valence-electron chi connectivity index (χ4n) is 4.06. The fourth-order valence-corrected chi connectivity index (χ4v) is 4.06. The van der Waals surface area contributed by atoms with Crippen molar-refractivity contribution in [3.63, 3.8) is 0 Å². The molecular weight excluding hydrogens is 470 g/mol. The van der Waals surface area contributed by atoms with Crippen LogP contribution in [0, 0.1) is 0 Å². The standard InChI is InChI=1S/C18H33NO15/c19-1-5-10(24)15(29)18(4-21,33-5)34-17-14(28)12(26)9(23)7(32-17)3-30-16-13(27)11(25)8(22)6(2-20)31-16/h5-17,20-29H,1-4,19H2/t5-,6-,7-,8+,9-,10-,11+,12+,13-,14-,15+,16+,17-,18+/m1/s1. The molecule has 12 N–H and O–H groups in total. The van der Waals surface area contributed by atoms with Gasteiger partial charge >= 0.3 is 0 Å². The minimum Gasteiger partial charge on any atom is -0.394 e. The maximum Gasteiger partial charge on any atom is 0.224 e. The van der Waals surface area contributed by atoms with Gasteiger partial charge in [-0.1, -0.05) is 0 Å². The highest BCUT2D eigenvalue weighted by atomic mass is 16.8. The minimum absolute atomic E-state index is 0.242. The smallest absolute Gasteiger partial charge is 0.224 e. The number of ether oxygens (including phenoxy) is 5. The van der Waals surface area contributed by atoms with E-state index in [2.05, 4.69) is 0 Å². The molecule has 14 atom stereocenters. The summed E-state index contributed by atoms with van der Waals surface area (Å²) < 4.78 is 26.7. The number of nitrogens with two attached hydrogens (primary N) is 1. The Morgan fingerprint density at radius 3 is 1.76 bits per heavy atom. The SMILES string of the molecule is NC[C@H]1O[C@@](CO)(O[C@H]2O[C@H](CO[C@H]3O[C@H](CO)[C@H](O)[C@H](O)[C@H]3O)[C@@H](O)[C@H](O)[C@H]2O)[C@@H](O)[C@@H]1O. The largest absolute Gasteiger partial charge is 0.394 e. The highest BCUT2D eigenvalue weighted by Gasteiger charge is 2.58. The van der Waals surface area contributed by atoms with E-state index in [1.165, 1.54) is 0 Å². The van der Waals surface area contributed by atoms with Gasteiger partial charge in [0, 0.05) is 6.54 Å². The first-order valence-corrected chi connectivity index (χ1v) is 10.7. The molecule has 16 heteroatoms. The Kier molecular flexibility index (Phi) is 9.18. The van der Waals surface area contributed by atoms with Crippen LogP contribution in [0.15, 0.2) is 0 Å². The summed E-state index contributed by atoms with van der Waals surface area (Å²) in [7, 11) is 0. The van der Waals surface area contributed by atoms with Crippen LogP contribution in [-0.4, -0.2) is 163 Å². The second kappa shape index (κ2) is 11.2. The van der Waals surface area contributed by atoms with E-state index in [0.29, 0.717) is 0 Å². The average molecular weight is 503 g/mol. The molecule has 0 bridgehead atoms. The van der Waals surface area contributed by atoms with Crippen LogP contribution in [0.2, 0.25) is 0 Å². The van der Waals surface area contributed by atoms with Gasteiger partial charge in [0.15, 0.2) is 12.6 Å². The molecule has 3 aliphatic heterocycles. The predicted octanol–water partition coefficient (Wildman–Crippen LogP) is -7.60. The second-order valence-corrected chi connectivity index (χ2v) is 8.46. The van der Waals surface area contributed by atoms with Crippen LogP contribution in [0.4, 0.5) is 0 Å². The van der Waals surface area contributed by atoms with Crippen molar-refractivity contribution >= 4 is 0 Å². The van der Waals surface area contributed by atoms with Crippen LogP contribution >= 0.6 is 0 Å². The fraction of sp³-hybridized carbons (Fsp3) is 1.00. The van der Waals surface area contributed by atoms with Crippen molar-refractivity contribution in [3.05, 3.63) is 0 Å². The Labute approximate surface area is 193 Å². The van der Waals surface area contributed by atoms with E-state index in [1.54, 1.807) is 0 Å². The van der Waals surface area contributed by atoms with Crippen LogP contribution in [0.1, 0.15) is 0 Å². The van der Waals surface area contributed by atoms with Crippen molar-refractivity contribution < 1.29 is 74.7 Å². The van der Waals surface area contributed by atoms with Crippen LogP contribution in [-0.2, 0) is 23.7 Å². The van der Waals surface area contributed by atoms with Gasteiger partial charge in [0.2, 0.25) is 5.79 Å². The zero-order valence-corrected chi connectivity index (χ0v) is 17.9. The van der Waals surface area contributed by atoms with Crippen LogP contribution in [0.5, 0.6) is 0 Å². The van der Waals surface area contributed by atoms with Gasteiger partial charge in [-0.3, -0.25) is 0 Å². The van der Waals surface area contributed by atoms with Crippen molar-refractivity contribution in [2.45, 2.75) is 85.5 Å². The van der Waals surface area contributed by atoms with E-state index in [-0.39, 0.29) is 6.54 Å². The molecule has 16 nitrogen and oxygen atoms in total. The third-order valence-electron chi connectivity index (χ3n) is 6.22. The lowest BCUT2D eigenvalue weighted by Crippen LogP contribution is -2.63. The van der Waals surface area contributed by atoms with E-state index >= 15 is 0 Å². The molecule has 200 valence electrons. The maximum atomic E-state index is 10.3. The molecule has 3 rings (SSSR count). The van der Waals surface area contributed by atoms with Gasteiger partial charge in [0.1, 0.15) is 73.8 Å². The van der Waals surface area contributed by atoms with Gasteiger partial charge in [-0.25, -0.2) is 0 Å². The number of rotatable bonds is 8. The van der Waals surface area contributed by atoms with Crippen molar-refractivity contribution in [2.75, 3.05) is 26.4 Å². The van der Waals surface area contributed by atoms with Crippen LogP contribution < -0.4 is 5.73 Å². The number of aliphatic hydroxyl groups excluding tert-OH is 10. The molecule has 0 spiro atoms. The number of aliphatic hydroxyl groups is 10. The van der Waals surface area contributed by atoms with Crippen molar-refractivity contribution in [1.82, 2.24) is 0 Å². The molecule has 34 heavy (non-hydrogen) atoms. The summed E-state index contributed by atoms with van der Waals surface area (Å²) in [6, 6.07) is 0. The molecule has 3 saturated heterocycles. The number of hydrogen-bond acceptors (Lipinski definition) is 16. The lowest BCUT2D eigenvalue weighted by Gasteiger charge is -2.44. The summed E-state index contributed by atoms with van der Waals surface area (Å²) in [6.07, 6.45) is -21.1. The molecule has 0 aromatic carbocycles. The Morgan fingerprint density at radius 2 is 1.24 bits per heavy atom. The van der Waals surface area contributed by atoms with Crippen molar-refractivity contribution in [2.24, 2.45) is 5.73 Å². The normalized spacial score (nSPS) is 52.1. The first-order chi connectivity index (χ1) is 16.0. The second-order valence-electron chi connectivity index (χ2n) is 8.46. The Hall–Kier alpha value is -0.640. The summed E-state index contributed by atoms with van der Waals surface area (Å²) in [5, 5.41) is 99.9. The van der Waals surface area contributed by atoms with E-state index < -0.39 is 105 Å². The maximum absolute atomic E-state index is 10.3. The van der Waals surface area contributed by atoms with Gasteiger partial charge in [-0.05, 0) is 0 Å². The Bertz CT molecular complexity index is 659. The molecule has 0 unspecified atom stereocenters. The van der Waals surface area contributed by atoms with Crippen LogP contribution in [0.3, 0.4) is 0 Å².